The van der Waals surface area contributed by atoms with E-state index in [1.165, 1.54) is 0 Å². The van der Waals surface area contributed by atoms with Crippen LogP contribution in [-0.4, -0.2) is 54.4 Å². The fraction of sp³-hybridized carbons (Fsp3) is 0.769. The van der Waals surface area contributed by atoms with Gasteiger partial charge in [0, 0.05) is 24.6 Å². The fourth-order valence-electron chi connectivity index (χ4n) is 1.76. The number of carbonyl (C=O) groups is 1. The van der Waals surface area contributed by atoms with E-state index in [2.05, 4.69) is 11.2 Å². The van der Waals surface area contributed by atoms with Gasteiger partial charge in [-0.25, -0.2) is 0 Å². The van der Waals surface area contributed by atoms with Crippen molar-refractivity contribution >= 4 is 17.7 Å². The van der Waals surface area contributed by atoms with E-state index >= 15 is 0 Å². The number of aliphatic hydroxyl groups is 1. The molecule has 1 rings (SSSR count). The van der Waals surface area contributed by atoms with Gasteiger partial charge in [-0.15, -0.1) is 6.42 Å². The maximum absolute atomic E-state index is 11.7. The van der Waals surface area contributed by atoms with Crippen LogP contribution < -0.4 is 11.1 Å². The third-order valence-electron chi connectivity index (χ3n) is 2.90. The summed E-state index contributed by atoms with van der Waals surface area (Å²) in [5, 5.41) is 12.0. The monoisotopic (exact) mass is 286 g/mol. The minimum atomic E-state index is -0.425. The van der Waals surface area contributed by atoms with E-state index in [4.69, 9.17) is 16.9 Å². The Balaban J connectivity index is 2.19. The third kappa shape index (κ3) is 6.30. The number of nitrogens with two attached hydrogens (primary N) is 1. The number of carbonyl (C=O) groups excluding carboxylic acids is 1. The Morgan fingerprint density at radius 2 is 2.42 bits per heavy atom. The van der Waals surface area contributed by atoms with Crippen molar-refractivity contribution in [1.82, 2.24) is 5.32 Å². The maximum Gasteiger partial charge on any atom is 0.236 e. The predicted molar refractivity (Wildman–Crippen MR) is 76.7 cm³/mol. The lowest BCUT2D eigenvalue weighted by atomic mass is 10.1. The lowest BCUT2D eigenvalue weighted by molar-refractivity contribution is -0.122. The second kappa shape index (κ2) is 9.21. The first-order valence-electron chi connectivity index (χ1n) is 6.48. The van der Waals surface area contributed by atoms with Gasteiger partial charge in [-0.05, 0) is 12.8 Å². The van der Waals surface area contributed by atoms with Crippen LogP contribution in [0.1, 0.15) is 12.8 Å². The molecule has 0 radical (unpaired) electrons. The number of nitrogens with one attached hydrogen (secondary N) is 1. The van der Waals surface area contributed by atoms with Crippen LogP contribution in [-0.2, 0) is 9.53 Å². The molecule has 108 valence electrons. The molecule has 19 heavy (non-hydrogen) atoms. The molecule has 3 unspecified atom stereocenters. The molecule has 3 atom stereocenters. The molecule has 0 aromatic rings. The molecular weight excluding hydrogens is 264 g/mol. The van der Waals surface area contributed by atoms with Crippen LogP contribution in [0.2, 0.25) is 0 Å². The number of aliphatic hydroxyl groups excluding tert-OH is 1. The Morgan fingerprint density at radius 3 is 3.00 bits per heavy atom. The van der Waals surface area contributed by atoms with Crippen molar-refractivity contribution in [2.24, 2.45) is 11.7 Å². The lowest BCUT2D eigenvalue weighted by Crippen LogP contribution is -2.35. The van der Waals surface area contributed by atoms with Crippen LogP contribution in [0.5, 0.6) is 0 Å². The van der Waals surface area contributed by atoms with E-state index in [-0.39, 0.29) is 18.1 Å². The van der Waals surface area contributed by atoms with Crippen LogP contribution in [0.4, 0.5) is 0 Å². The summed E-state index contributed by atoms with van der Waals surface area (Å²) in [5.41, 5.74) is 5.32. The minimum Gasteiger partial charge on any atom is -0.391 e. The topological polar surface area (TPSA) is 84.6 Å². The summed E-state index contributed by atoms with van der Waals surface area (Å²) in [4.78, 5) is 11.7. The Kier molecular flexibility index (Phi) is 7.91. The normalized spacial score (nSPS) is 24.5. The van der Waals surface area contributed by atoms with Gasteiger partial charge < -0.3 is 20.9 Å². The fourth-order valence-corrected chi connectivity index (χ4v) is 2.90. The summed E-state index contributed by atoms with van der Waals surface area (Å²) in [6.45, 7) is 1.26. The summed E-state index contributed by atoms with van der Waals surface area (Å²) in [5.74, 6) is 3.32. The van der Waals surface area contributed by atoms with Gasteiger partial charge in [0.15, 0.2) is 0 Å². The molecule has 1 fully saturated rings. The van der Waals surface area contributed by atoms with Gasteiger partial charge in [0.1, 0.15) is 5.92 Å². The molecular formula is C13H22N2O3S. The van der Waals surface area contributed by atoms with Gasteiger partial charge in [0.25, 0.3) is 0 Å². The largest absolute Gasteiger partial charge is 0.391 e. The van der Waals surface area contributed by atoms with E-state index in [9.17, 15) is 9.90 Å². The summed E-state index contributed by atoms with van der Waals surface area (Å²) in [6.07, 6.45) is 6.82. The van der Waals surface area contributed by atoms with E-state index in [1.54, 1.807) is 11.8 Å². The first-order valence-corrected chi connectivity index (χ1v) is 7.64. The second-order valence-corrected chi connectivity index (χ2v) is 5.60. The van der Waals surface area contributed by atoms with Crippen LogP contribution in [0.15, 0.2) is 0 Å². The van der Waals surface area contributed by atoms with Gasteiger partial charge >= 0.3 is 0 Å². The quantitative estimate of drug-likeness (QED) is 0.554. The Hall–Kier alpha value is -0.740. The molecule has 1 aliphatic heterocycles. The van der Waals surface area contributed by atoms with Crippen molar-refractivity contribution in [3.63, 3.8) is 0 Å². The molecule has 0 aromatic heterocycles. The second-order valence-electron chi connectivity index (χ2n) is 4.52. The summed E-state index contributed by atoms with van der Waals surface area (Å²) in [7, 11) is 0. The van der Waals surface area contributed by atoms with E-state index in [0.717, 1.165) is 18.6 Å². The number of terminal acetylenes is 1. The molecule has 5 nitrogen and oxygen atoms in total. The van der Waals surface area contributed by atoms with Crippen LogP contribution in [0, 0.1) is 18.3 Å². The predicted octanol–water partition coefficient (Wildman–Crippen LogP) is -0.416. The Labute approximate surface area is 118 Å². The highest BCUT2D eigenvalue weighted by Gasteiger charge is 2.21. The SMILES string of the molecule is C#CC(CSCC1CCC(O)CO1)C(=O)NCCN. The van der Waals surface area contributed by atoms with E-state index in [0.29, 0.717) is 25.4 Å². The number of hydrogen-bond acceptors (Lipinski definition) is 5. The van der Waals surface area contributed by atoms with Crippen molar-refractivity contribution in [2.45, 2.75) is 25.0 Å². The average molecular weight is 286 g/mol. The highest BCUT2D eigenvalue weighted by atomic mass is 32.2. The zero-order valence-corrected chi connectivity index (χ0v) is 11.8. The Bertz CT molecular complexity index is 312. The molecule has 0 aliphatic carbocycles. The van der Waals surface area contributed by atoms with Crippen LogP contribution in [0.3, 0.4) is 0 Å². The molecule has 0 saturated carbocycles. The zero-order chi connectivity index (χ0) is 14.1. The van der Waals surface area contributed by atoms with Crippen LogP contribution in [0.25, 0.3) is 0 Å². The third-order valence-corrected chi connectivity index (χ3v) is 4.07. The van der Waals surface area contributed by atoms with Gasteiger partial charge in [-0.1, -0.05) is 5.92 Å². The molecule has 1 saturated heterocycles. The lowest BCUT2D eigenvalue weighted by Gasteiger charge is -2.26. The van der Waals surface area contributed by atoms with Crippen molar-refractivity contribution in [1.29, 1.82) is 0 Å². The summed E-state index contributed by atoms with van der Waals surface area (Å²) in [6, 6.07) is 0. The number of ether oxygens (including phenoxy) is 1. The molecule has 1 aliphatic rings. The minimum absolute atomic E-state index is 0.138. The van der Waals surface area contributed by atoms with E-state index < -0.39 is 5.92 Å². The average Bonchev–Trinajstić information content (AvgIpc) is 2.43. The van der Waals surface area contributed by atoms with Crippen molar-refractivity contribution < 1.29 is 14.6 Å². The number of rotatable bonds is 7. The first-order chi connectivity index (χ1) is 9.17. The van der Waals surface area contributed by atoms with Gasteiger partial charge in [-0.2, -0.15) is 11.8 Å². The molecule has 1 amide bonds. The standard InChI is InChI=1S/C13H22N2O3S/c1-2-10(13(17)15-6-5-14)8-19-9-12-4-3-11(16)7-18-12/h1,10-12,16H,3-9,14H2,(H,15,17). The molecule has 0 spiro atoms. The van der Waals surface area contributed by atoms with Crippen LogP contribution >= 0.6 is 11.8 Å². The highest BCUT2D eigenvalue weighted by molar-refractivity contribution is 7.99. The van der Waals surface area contributed by atoms with Gasteiger partial charge in [0.05, 0.1) is 18.8 Å². The van der Waals surface area contributed by atoms with Crippen molar-refractivity contribution in [3.8, 4) is 12.3 Å². The van der Waals surface area contributed by atoms with Gasteiger partial charge in [-0.3, -0.25) is 4.79 Å². The zero-order valence-electron chi connectivity index (χ0n) is 11.0. The molecule has 6 heteroatoms. The summed E-state index contributed by atoms with van der Waals surface area (Å²) < 4.78 is 5.49. The number of thioether (sulfide) groups is 1. The van der Waals surface area contributed by atoms with Crippen molar-refractivity contribution in [3.05, 3.63) is 0 Å². The summed E-state index contributed by atoms with van der Waals surface area (Å²) >= 11 is 1.61. The number of amides is 1. The molecule has 4 N–H and O–H groups in total. The number of hydrogen-bond donors (Lipinski definition) is 3. The van der Waals surface area contributed by atoms with E-state index in [1.807, 2.05) is 0 Å². The highest BCUT2D eigenvalue weighted by Crippen LogP contribution is 2.19. The Morgan fingerprint density at radius 1 is 1.63 bits per heavy atom. The molecule has 1 heterocycles. The first kappa shape index (κ1) is 16.3. The molecule has 0 bridgehead atoms. The van der Waals surface area contributed by atoms with Gasteiger partial charge in [0.2, 0.25) is 5.91 Å². The smallest absolute Gasteiger partial charge is 0.236 e. The molecule has 0 aromatic carbocycles. The maximum atomic E-state index is 11.7. The van der Waals surface area contributed by atoms with Crippen molar-refractivity contribution in [2.75, 3.05) is 31.2 Å².